The predicted molar refractivity (Wildman–Crippen MR) is 144 cm³/mol. The lowest BCUT2D eigenvalue weighted by atomic mass is 10.0. The van der Waals surface area contributed by atoms with Gasteiger partial charge in [-0.15, -0.1) is 0 Å². The van der Waals surface area contributed by atoms with Gasteiger partial charge in [0.15, 0.2) is 17.4 Å². The van der Waals surface area contributed by atoms with Gasteiger partial charge in [0.2, 0.25) is 29.4 Å². The number of nitrogens with one attached hydrogen (secondary N) is 3. The number of carbonyl (C=O) groups excluding carboxylic acids is 4. The van der Waals surface area contributed by atoms with Gasteiger partial charge in [-0.1, -0.05) is 27.2 Å². The summed E-state index contributed by atoms with van der Waals surface area (Å²) >= 11 is 0. The Morgan fingerprint density at radius 3 is 2.10 bits per heavy atom. The lowest BCUT2D eigenvalue weighted by molar-refractivity contribution is -0.138. The van der Waals surface area contributed by atoms with E-state index in [2.05, 4.69) is 16.0 Å². The van der Waals surface area contributed by atoms with Gasteiger partial charge in [0, 0.05) is 37.6 Å². The number of phenolic OH excluding ortho intramolecular Hbond substituents is 1. The smallest absolute Gasteiger partial charge is 0.258 e. The Balaban J connectivity index is 1.73. The number of likely N-dealkylation sites (N-methyl/N-ethyl adjacent to an activating group) is 1. The summed E-state index contributed by atoms with van der Waals surface area (Å²) in [5.41, 5.74) is -1.61. The maximum absolute atomic E-state index is 14.3. The van der Waals surface area contributed by atoms with Crippen molar-refractivity contribution < 1.29 is 41.8 Å². The first-order valence-electron chi connectivity index (χ1n) is 14.3. The highest BCUT2D eigenvalue weighted by molar-refractivity contribution is 5.99. The molecule has 6 atom stereocenters. The molecule has 42 heavy (non-hydrogen) atoms. The minimum atomic E-state index is -2.14. The second-order valence-electron chi connectivity index (χ2n) is 11.0. The van der Waals surface area contributed by atoms with Crippen molar-refractivity contribution in [1.82, 2.24) is 25.8 Å². The van der Waals surface area contributed by atoms with Crippen LogP contribution in [-0.2, 0) is 14.4 Å². The molecule has 4 amide bonds. The zero-order valence-corrected chi connectivity index (χ0v) is 24.4. The van der Waals surface area contributed by atoms with Crippen molar-refractivity contribution in [2.75, 3.05) is 19.6 Å². The second-order valence-corrected chi connectivity index (χ2v) is 11.0. The summed E-state index contributed by atoms with van der Waals surface area (Å²) in [6.07, 6.45) is 2.03. The van der Waals surface area contributed by atoms with Crippen LogP contribution in [0, 0.1) is 29.2 Å². The molecule has 10 nitrogen and oxygen atoms in total. The average molecular weight is 602 g/mol. The van der Waals surface area contributed by atoms with Gasteiger partial charge in [0.1, 0.15) is 17.6 Å². The van der Waals surface area contributed by atoms with E-state index in [1.165, 1.54) is 4.90 Å². The summed E-state index contributed by atoms with van der Waals surface area (Å²) in [5.74, 6) is -13.7. The molecular formula is C28H39F4N5O5. The number of benzene rings is 1. The zero-order valence-electron chi connectivity index (χ0n) is 24.4. The summed E-state index contributed by atoms with van der Waals surface area (Å²) in [6.45, 7) is 10.1. The first-order valence-corrected chi connectivity index (χ1v) is 14.3. The monoisotopic (exact) mass is 601 g/mol. The van der Waals surface area contributed by atoms with Crippen LogP contribution < -0.4 is 16.0 Å². The SMILES string of the molecule is CCC[C@@H](C(=O)N[C@H]1CC(C)N([C@@H](CC)C(=O)NCC)C1)N1CC(C)[C@H](NC(=O)c2c(F)c(F)c(O)c(F)c2F)C1=O. The lowest BCUT2D eigenvalue weighted by Gasteiger charge is -2.30. The van der Waals surface area contributed by atoms with E-state index in [1.807, 2.05) is 32.6 Å². The molecule has 1 aromatic rings. The predicted octanol–water partition coefficient (Wildman–Crippen LogP) is 2.19. The lowest BCUT2D eigenvalue weighted by Crippen LogP contribution is -2.53. The fourth-order valence-corrected chi connectivity index (χ4v) is 5.90. The Kier molecular flexibility index (Phi) is 10.8. The number of amides is 4. The highest BCUT2D eigenvalue weighted by atomic mass is 19.2. The largest absolute Gasteiger partial charge is 0.503 e. The van der Waals surface area contributed by atoms with Crippen LogP contribution in [0.25, 0.3) is 0 Å². The van der Waals surface area contributed by atoms with E-state index in [0.29, 0.717) is 38.8 Å². The molecule has 2 fully saturated rings. The minimum Gasteiger partial charge on any atom is -0.503 e. The summed E-state index contributed by atoms with van der Waals surface area (Å²) in [7, 11) is 0. The van der Waals surface area contributed by atoms with Crippen LogP contribution in [0.4, 0.5) is 17.6 Å². The molecule has 234 valence electrons. The third kappa shape index (κ3) is 6.47. The van der Waals surface area contributed by atoms with Crippen molar-refractivity contribution in [3.8, 4) is 5.75 Å². The molecule has 2 saturated heterocycles. The highest BCUT2D eigenvalue weighted by Crippen LogP contribution is 2.30. The van der Waals surface area contributed by atoms with Gasteiger partial charge in [-0.3, -0.25) is 24.1 Å². The van der Waals surface area contributed by atoms with Gasteiger partial charge in [-0.25, -0.2) is 8.78 Å². The van der Waals surface area contributed by atoms with E-state index in [1.54, 1.807) is 6.92 Å². The van der Waals surface area contributed by atoms with Crippen molar-refractivity contribution in [2.24, 2.45) is 5.92 Å². The Morgan fingerprint density at radius 2 is 1.55 bits per heavy atom. The van der Waals surface area contributed by atoms with Crippen LogP contribution in [0.2, 0.25) is 0 Å². The number of aromatic hydroxyl groups is 1. The Bertz CT molecular complexity index is 1190. The van der Waals surface area contributed by atoms with Gasteiger partial charge in [0.05, 0.1) is 6.04 Å². The maximum Gasteiger partial charge on any atom is 0.258 e. The van der Waals surface area contributed by atoms with Crippen LogP contribution in [0.1, 0.15) is 70.7 Å². The molecule has 2 aliphatic rings. The summed E-state index contributed by atoms with van der Waals surface area (Å²) in [4.78, 5) is 55.4. The number of likely N-dealkylation sites (tertiary alicyclic amines) is 2. The number of rotatable bonds is 11. The van der Waals surface area contributed by atoms with Gasteiger partial charge < -0.3 is 26.0 Å². The molecule has 2 heterocycles. The van der Waals surface area contributed by atoms with E-state index in [9.17, 15) is 41.8 Å². The molecule has 0 radical (unpaired) electrons. The van der Waals surface area contributed by atoms with Crippen LogP contribution >= 0.6 is 0 Å². The molecule has 0 spiro atoms. The molecular weight excluding hydrogens is 562 g/mol. The normalized spacial score (nSPS) is 24.0. The Labute approximate surface area is 242 Å². The third-order valence-corrected chi connectivity index (χ3v) is 8.01. The summed E-state index contributed by atoms with van der Waals surface area (Å²) in [6, 6.07) is -2.82. The number of phenols is 1. The third-order valence-electron chi connectivity index (χ3n) is 8.01. The molecule has 0 aliphatic carbocycles. The molecule has 2 unspecified atom stereocenters. The van der Waals surface area contributed by atoms with Gasteiger partial charge >= 0.3 is 0 Å². The summed E-state index contributed by atoms with van der Waals surface area (Å²) < 4.78 is 56.1. The molecule has 14 heteroatoms. The van der Waals surface area contributed by atoms with Crippen molar-refractivity contribution in [3.63, 3.8) is 0 Å². The fourth-order valence-electron chi connectivity index (χ4n) is 5.90. The van der Waals surface area contributed by atoms with Crippen LogP contribution in [0.3, 0.4) is 0 Å². The topological polar surface area (TPSA) is 131 Å². The maximum atomic E-state index is 14.3. The second kappa shape index (κ2) is 13.7. The molecule has 0 saturated carbocycles. The molecule has 2 aliphatic heterocycles. The molecule has 3 rings (SSSR count). The van der Waals surface area contributed by atoms with E-state index >= 15 is 0 Å². The molecule has 4 N–H and O–H groups in total. The zero-order chi connectivity index (χ0) is 31.5. The standard InChI is InChI=1S/C28H39F4N5O5/c1-6-9-17(26(40)34-15-10-14(5)36(12-15)16(7-2)25(39)33-8-3)37-11-13(4)23(28(37)42)35-27(41)18-19(29)21(31)24(38)22(32)20(18)30/h13-17,23,38H,6-12H2,1-5H3,(H,33,39)(H,34,40)(H,35,41)/t13?,14?,15-,16-,17-,23-/m0/s1. The average Bonchev–Trinajstić information content (AvgIpc) is 3.43. The van der Waals surface area contributed by atoms with E-state index < -0.39 is 70.3 Å². The van der Waals surface area contributed by atoms with Crippen molar-refractivity contribution >= 4 is 23.6 Å². The van der Waals surface area contributed by atoms with Crippen LogP contribution in [-0.4, -0.2) is 88.4 Å². The molecule has 1 aromatic carbocycles. The van der Waals surface area contributed by atoms with Crippen LogP contribution in [0.5, 0.6) is 5.75 Å². The van der Waals surface area contributed by atoms with Crippen molar-refractivity contribution in [2.45, 2.75) is 90.5 Å². The van der Waals surface area contributed by atoms with E-state index in [-0.39, 0.29) is 30.6 Å². The molecule has 0 bridgehead atoms. The van der Waals surface area contributed by atoms with E-state index in [4.69, 9.17) is 0 Å². The first-order chi connectivity index (χ1) is 19.8. The van der Waals surface area contributed by atoms with Gasteiger partial charge in [-0.2, -0.15) is 8.78 Å². The number of carbonyl (C=O) groups is 4. The van der Waals surface area contributed by atoms with Crippen molar-refractivity contribution in [3.05, 3.63) is 28.8 Å². The van der Waals surface area contributed by atoms with E-state index in [0.717, 1.165) is 0 Å². The van der Waals surface area contributed by atoms with Crippen molar-refractivity contribution in [1.29, 1.82) is 0 Å². The molecule has 0 aromatic heterocycles. The Morgan fingerprint density at radius 1 is 0.929 bits per heavy atom. The Hall–Kier alpha value is -3.42. The summed E-state index contributed by atoms with van der Waals surface area (Å²) in [5, 5.41) is 17.2. The number of hydrogen-bond donors (Lipinski definition) is 4. The number of halogens is 4. The van der Waals surface area contributed by atoms with Gasteiger partial charge in [-0.05, 0) is 33.1 Å². The number of hydrogen-bond acceptors (Lipinski definition) is 6. The quantitative estimate of drug-likeness (QED) is 0.227. The van der Waals surface area contributed by atoms with Crippen LogP contribution in [0.15, 0.2) is 0 Å². The van der Waals surface area contributed by atoms with Gasteiger partial charge in [0.25, 0.3) is 5.91 Å². The minimum absolute atomic E-state index is 0.0240. The number of nitrogens with zero attached hydrogens (tertiary/aromatic N) is 2. The fraction of sp³-hybridized carbons (Fsp3) is 0.643. The highest BCUT2D eigenvalue weighted by Gasteiger charge is 2.45. The first kappa shape index (κ1) is 33.1.